The highest BCUT2D eigenvalue weighted by atomic mass is 32.2. The molecule has 0 aromatic heterocycles. The third kappa shape index (κ3) is 4.41. The first-order valence-corrected chi connectivity index (χ1v) is 8.55. The Bertz CT molecular complexity index is 530. The van der Waals surface area contributed by atoms with E-state index in [1.807, 2.05) is 44.3 Å². The molecule has 6 nitrogen and oxygen atoms in total. The van der Waals surface area contributed by atoms with Crippen molar-refractivity contribution in [2.75, 3.05) is 44.8 Å². The Morgan fingerprint density at radius 1 is 1.29 bits per heavy atom. The third-order valence-corrected chi connectivity index (χ3v) is 5.27. The van der Waals surface area contributed by atoms with Gasteiger partial charge in [-0.2, -0.15) is 12.7 Å². The van der Waals surface area contributed by atoms with Crippen molar-refractivity contribution >= 4 is 15.9 Å². The fourth-order valence-corrected chi connectivity index (χ4v) is 3.42. The summed E-state index contributed by atoms with van der Waals surface area (Å²) in [5.41, 5.74) is 1.07. The molecule has 1 N–H and O–H groups in total. The second-order valence-corrected chi connectivity index (χ2v) is 6.92. The van der Waals surface area contributed by atoms with Crippen LogP contribution in [-0.2, 0) is 14.9 Å². The molecule has 0 spiro atoms. The predicted molar refractivity (Wildman–Crippen MR) is 83.6 cm³/mol. The lowest BCUT2D eigenvalue weighted by Gasteiger charge is -2.30. The molecule has 0 aliphatic carbocycles. The minimum atomic E-state index is -3.42. The van der Waals surface area contributed by atoms with Crippen LogP contribution in [0.25, 0.3) is 0 Å². The van der Waals surface area contributed by atoms with Gasteiger partial charge in [0.15, 0.2) is 0 Å². The second kappa shape index (κ2) is 7.22. The highest BCUT2D eigenvalue weighted by Gasteiger charge is 2.24. The molecule has 0 bridgehead atoms. The Labute approximate surface area is 126 Å². The maximum absolute atomic E-state index is 12.2. The largest absolute Gasteiger partial charge is 0.379 e. The summed E-state index contributed by atoms with van der Waals surface area (Å²) in [6.45, 7) is 4.11. The average molecular weight is 313 g/mol. The zero-order valence-electron chi connectivity index (χ0n) is 12.5. The smallest absolute Gasteiger partial charge is 0.279 e. The van der Waals surface area contributed by atoms with Gasteiger partial charge in [-0.25, -0.2) is 4.72 Å². The van der Waals surface area contributed by atoms with Crippen LogP contribution in [0.1, 0.15) is 6.92 Å². The van der Waals surface area contributed by atoms with Crippen LogP contribution in [0.15, 0.2) is 30.3 Å². The lowest BCUT2D eigenvalue weighted by Crippen LogP contribution is -2.49. The topological polar surface area (TPSA) is 61.9 Å². The Morgan fingerprint density at radius 2 is 1.90 bits per heavy atom. The van der Waals surface area contributed by atoms with E-state index in [1.54, 1.807) is 0 Å². The number of benzene rings is 1. The van der Waals surface area contributed by atoms with Crippen molar-refractivity contribution in [3.8, 4) is 0 Å². The van der Waals surface area contributed by atoms with E-state index < -0.39 is 10.2 Å². The molecule has 0 saturated carbocycles. The quantitative estimate of drug-likeness (QED) is 0.839. The normalized spacial score (nSPS) is 18.4. The fourth-order valence-electron chi connectivity index (χ4n) is 2.16. The molecule has 1 atom stereocenters. The van der Waals surface area contributed by atoms with Gasteiger partial charge in [-0.1, -0.05) is 18.2 Å². The van der Waals surface area contributed by atoms with Gasteiger partial charge in [-0.3, -0.25) is 0 Å². The molecule has 1 aliphatic rings. The zero-order chi connectivity index (χ0) is 15.3. The van der Waals surface area contributed by atoms with E-state index in [-0.39, 0.29) is 6.04 Å². The Kier molecular flexibility index (Phi) is 5.58. The summed E-state index contributed by atoms with van der Waals surface area (Å²) >= 11 is 0. The van der Waals surface area contributed by atoms with E-state index in [9.17, 15) is 8.42 Å². The monoisotopic (exact) mass is 313 g/mol. The van der Waals surface area contributed by atoms with Gasteiger partial charge in [0.25, 0.3) is 10.2 Å². The van der Waals surface area contributed by atoms with Crippen LogP contribution in [0, 0.1) is 0 Å². The molecule has 0 radical (unpaired) electrons. The zero-order valence-corrected chi connectivity index (χ0v) is 13.3. The molecule has 21 heavy (non-hydrogen) atoms. The summed E-state index contributed by atoms with van der Waals surface area (Å²) < 4.78 is 33.7. The molecule has 1 aliphatic heterocycles. The first-order valence-electron chi connectivity index (χ1n) is 7.11. The number of ether oxygens (including phenoxy) is 1. The van der Waals surface area contributed by atoms with Crippen LogP contribution in [0.4, 0.5) is 5.69 Å². The van der Waals surface area contributed by atoms with E-state index in [2.05, 4.69) is 9.62 Å². The summed E-state index contributed by atoms with van der Waals surface area (Å²) in [4.78, 5) is 2.06. The molecule has 0 amide bonds. The van der Waals surface area contributed by atoms with Gasteiger partial charge in [0, 0.05) is 38.4 Å². The summed E-state index contributed by atoms with van der Waals surface area (Å²) in [5, 5.41) is 0. The van der Waals surface area contributed by atoms with Crippen molar-refractivity contribution in [2.45, 2.75) is 13.0 Å². The van der Waals surface area contributed by atoms with Gasteiger partial charge in [0.2, 0.25) is 0 Å². The molecule has 1 fully saturated rings. The number of nitrogens with one attached hydrogen (secondary N) is 1. The highest BCUT2D eigenvalue weighted by Crippen LogP contribution is 2.14. The molecule has 0 unspecified atom stereocenters. The number of anilines is 1. The molecular weight excluding hydrogens is 290 g/mol. The van der Waals surface area contributed by atoms with Crippen molar-refractivity contribution in [2.24, 2.45) is 0 Å². The molecular formula is C14H23N3O3S. The van der Waals surface area contributed by atoms with Crippen molar-refractivity contribution in [1.82, 2.24) is 9.03 Å². The SMILES string of the molecule is C[C@H](CNS(=O)(=O)N1CCOCC1)N(C)c1ccccc1. The summed E-state index contributed by atoms with van der Waals surface area (Å²) in [7, 11) is -1.46. The van der Waals surface area contributed by atoms with E-state index in [4.69, 9.17) is 4.74 Å². The number of para-hydroxylation sites is 1. The van der Waals surface area contributed by atoms with Crippen LogP contribution in [0.2, 0.25) is 0 Å². The van der Waals surface area contributed by atoms with Crippen LogP contribution >= 0.6 is 0 Å². The number of hydrogen-bond acceptors (Lipinski definition) is 4. The Morgan fingerprint density at radius 3 is 2.52 bits per heavy atom. The maximum Gasteiger partial charge on any atom is 0.279 e. The van der Waals surface area contributed by atoms with Gasteiger partial charge < -0.3 is 9.64 Å². The van der Waals surface area contributed by atoms with Crippen LogP contribution < -0.4 is 9.62 Å². The Hall–Kier alpha value is -1.15. The van der Waals surface area contributed by atoms with Crippen molar-refractivity contribution in [3.63, 3.8) is 0 Å². The first kappa shape index (κ1) is 16.2. The van der Waals surface area contributed by atoms with Gasteiger partial charge in [0.05, 0.1) is 13.2 Å². The fraction of sp³-hybridized carbons (Fsp3) is 0.571. The van der Waals surface area contributed by atoms with E-state index >= 15 is 0 Å². The van der Waals surface area contributed by atoms with Gasteiger partial charge in [-0.05, 0) is 19.1 Å². The van der Waals surface area contributed by atoms with Crippen molar-refractivity contribution < 1.29 is 13.2 Å². The molecule has 1 aromatic carbocycles. The lowest BCUT2D eigenvalue weighted by molar-refractivity contribution is 0.0725. The van der Waals surface area contributed by atoms with Crippen LogP contribution in [0.5, 0.6) is 0 Å². The van der Waals surface area contributed by atoms with Crippen LogP contribution in [0.3, 0.4) is 0 Å². The number of nitrogens with zero attached hydrogens (tertiary/aromatic N) is 2. The van der Waals surface area contributed by atoms with E-state index in [0.29, 0.717) is 32.8 Å². The van der Waals surface area contributed by atoms with E-state index in [1.165, 1.54) is 4.31 Å². The molecule has 1 heterocycles. The van der Waals surface area contributed by atoms with Crippen LogP contribution in [-0.4, -0.2) is 58.7 Å². The number of morpholine rings is 1. The first-order chi connectivity index (χ1) is 10.0. The van der Waals surface area contributed by atoms with Gasteiger partial charge >= 0.3 is 0 Å². The number of rotatable bonds is 6. The molecule has 1 saturated heterocycles. The maximum atomic E-state index is 12.2. The Balaban J connectivity index is 1.89. The summed E-state index contributed by atoms with van der Waals surface area (Å²) in [6.07, 6.45) is 0. The minimum absolute atomic E-state index is 0.0585. The molecule has 1 aromatic rings. The lowest BCUT2D eigenvalue weighted by atomic mass is 10.2. The molecule has 2 rings (SSSR count). The summed E-state index contributed by atoms with van der Waals surface area (Å²) in [5.74, 6) is 0. The summed E-state index contributed by atoms with van der Waals surface area (Å²) in [6, 6.07) is 9.97. The van der Waals surface area contributed by atoms with Crippen molar-refractivity contribution in [3.05, 3.63) is 30.3 Å². The van der Waals surface area contributed by atoms with E-state index in [0.717, 1.165) is 5.69 Å². The second-order valence-electron chi connectivity index (χ2n) is 5.16. The minimum Gasteiger partial charge on any atom is -0.379 e. The molecule has 118 valence electrons. The van der Waals surface area contributed by atoms with Gasteiger partial charge in [0.1, 0.15) is 0 Å². The van der Waals surface area contributed by atoms with Gasteiger partial charge in [-0.15, -0.1) is 0 Å². The molecule has 7 heteroatoms. The van der Waals surface area contributed by atoms with Crippen molar-refractivity contribution in [1.29, 1.82) is 0 Å². The number of hydrogen-bond donors (Lipinski definition) is 1. The predicted octanol–water partition coefficient (Wildman–Crippen LogP) is 0.678. The average Bonchev–Trinajstić information content (AvgIpc) is 2.53. The third-order valence-electron chi connectivity index (χ3n) is 3.70. The number of likely N-dealkylation sites (N-methyl/N-ethyl adjacent to an activating group) is 1. The highest BCUT2D eigenvalue weighted by molar-refractivity contribution is 7.87. The standard InChI is InChI=1S/C14H23N3O3S/c1-13(16(2)14-6-4-3-5-7-14)12-15-21(18,19)17-8-10-20-11-9-17/h3-7,13,15H,8-12H2,1-2H3/t13-/m1/s1.